The lowest BCUT2D eigenvalue weighted by Gasteiger charge is -2.31. The Balaban J connectivity index is 2.09. The van der Waals surface area contributed by atoms with Gasteiger partial charge >= 0.3 is 0 Å². The third kappa shape index (κ3) is 7.34. The highest BCUT2D eigenvalue weighted by atomic mass is 32.2. The topological polar surface area (TPSA) is 139 Å². The van der Waals surface area contributed by atoms with Crippen LogP contribution >= 0.6 is 0 Å². The summed E-state index contributed by atoms with van der Waals surface area (Å²) in [5, 5.41) is 8.94. The summed E-state index contributed by atoms with van der Waals surface area (Å²) in [6, 6.07) is 22.0. The van der Waals surface area contributed by atoms with E-state index in [4.69, 9.17) is 15.3 Å². The molecule has 3 N–H and O–H groups in total. The van der Waals surface area contributed by atoms with E-state index in [1.165, 1.54) is 25.3 Å². The fourth-order valence-corrected chi connectivity index (χ4v) is 5.69. The molecular formula is C28H33N3O7S. The highest BCUT2D eigenvalue weighted by Crippen LogP contribution is 2.37. The van der Waals surface area contributed by atoms with Gasteiger partial charge in [-0.15, -0.1) is 4.47 Å². The van der Waals surface area contributed by atoms with Crippen LogP contribution in [0.3, 0.4) is 0 Å². The molecule has 0 fully saturated rings. The third-order valence-electron chi connectivity index (χ3n) is 5.69. The summed E-state index contributed by atoms with van der Waals surface area (Å²) in [4.78, 5) is 30.3. The second kappa shape index (κ2) is 13.2. The average molecular weight is 556 g/mol. The zero-order valence-electron chi connectivity index (χ0n) is 22.1. The number of sulfonamides is 1. The fourth-order valence-electron chi connectivity index (χ4n) is 3.92. The van der Waals surface area contributed by atoms with Gasteiger partial charge in [-0.1, -0.05) is 60.7 Å². The van der Waals surface area contributed by atoms with E-state index in [1.807, 2.05) is 30.3 Å². The van der Waals surface area contributed by atoms with Crippen LogP contribution in [-0.4, -0.2) is 50.3 Å². The quantitative estimate of drug-likeness (QED) is 0.239. The van der Waals surface area contributed by atoms with Gasteiger partial charge in [-0.3, -0.25) is 19.6 Å². The maximum atomic E-state index is 14.2. The van der Waals surface area contributed by atoms with Gasteiger partial charge in [0.1, 0.15) is 5.75 Å². The normalized spacial score (nSPS) is 12.1. The first-order chi connectivity index (χ1) is 18.6. The van der Waals surface area contributed by atoms with Crippen molar-refractivity contribution in [2.75, 3.05) is 18.1 Å². The first kappa shape index (κ1) is 29.6. The van der Waals surface area contributed by atoms with Gasteiger partial charge in [-0.2, -0.15) is 0 Å². The molecule has 0 aliphatic rings. The molecule has 3 aromatic rings. The van der Waals surface area contributed by atoms with E-state index in [9.17, 15) is 23.2 Å². The molecule has 0 spiro atoms. The van der Waals surface area contributed by atoms with Crippen LogP contribution in [0.5, 0.6) is 5.75 Å². The maximum Gasteiger partial charge on any atom is 0.273 e. The van der Waals surface area contributed by atoms with Gasteiger partial charge < -0.3 is 10.5 Å². The van der Waals surface area contributed by atoms with Crippen molar-refractivity contribution < 1.29 is 32.8 Å². The summed E-state index contributed by atoms with van der Waals surface area (Å²) in [7, 11) is -3.17. The van der Waals surface area contributed by atoms with Gasteiger partial charge in [0.15, 0.2) is 5.25 Å². The van der Waals surface area contributed by atoms with Crippen LogP contribution in [0.4, 0.5) is 5.69 Å². The molecule has 0 heterocycles. The van der Waals surface area contributed by atoms with Crippen LogP contribution in [0.25, 0.3) is 11.1 Å². The zero-order chi connectivity index (χ0) is 28.6. The molecule has 0 bridgehead atoms. The van der Waals surface area contributed by atoms with Crippen LogP contribution in [0.1, 0.15) is 37.5 Å². The standard InChI is InChI=1S/C28H33N3O7S/c1-20(2)38-31(23-16-17-24(25(19-23)37-3)21-11-6-4-7-12-21)39(35,36)27(22-13-8-5-9-14-22)28(33)30(34)18-10-15-26(29)32/h4-9,11-14,16-17,19-20,27,34H,10,15,18H2,1-3H3,(H2,29,32)/t27-/m1/s1. The summed E-state index contributed by atoms with van der Waals surface area (Å²) in [5.74, 6) is -1.31. The van der Waals surface area contributed by atoms with Gasteiger partial charge in [0.2, 0.25) is 5.91 Å². The minimum Gasteiger partial charge on any atom is -0.496 e. The van der Waals surface area contributed by atoms with Gasteiger partial charge in [-0.25, -0.2) is 13.5 Å². The summed E-state index contributed by atoms with van der Waals surface area (Å²) in [6.07, 6.45) is -0.612. The maximum absolute atomic E-state index is 14.2. The Labute approximate surface area is 228 Å². The molecule has 0 saturated heterocycles. The number of amides is 2. The fraction of sp³-hybridized carbons (Fsp3) is 0.286. The van der Waals surface area contributed by atoms with Crippen molar-refractivity contribution in [1.82, 2.24) is 5.06 Å². The summed E-state index contributed by atoms with van der Waals surface area (Å²) >= 11 is 0. The van der Waals surface area contributed by atoms with E-state index in [2.05, 4.69) is 0 Å². The summed E-state index contributed by atoms with van der Waals surface area (Å²) < 4.78 is 34.6. The van der Waals surface area contributed by atoms with Gasteiger partial charge in [0, 0.05) is 24.6 Å². The lowest BCUT2D eigenvalue weighted by atomic mass is 10.0. The second-order valence-electron chi connectivity index (χ2n) is 9.00. The molecule has 11 heteroatoms. The number of rotatable bonds is 13. The number of carbonyl (C=O) groups is 2. The van der Waals surface area contributed by atoms with E-state index in [-0.39, 0.29) is 30.6 Å². The first-order valence-corrected chi connectivity index (χ1v) is 13.8. The van der Waals surface area contributed by atoms with Crippen LogP contribution in [0.15, 0.2) is 78.9 Å². The molecule has 0 aliphatic carbocycles. The smallest absolute Gasteiger partial charge is 0.273 e. The number of primary amides is 1. The lowest BCUT2D eigenvalue weighted by Crippen LogP contribution is -2.44. The van der Waals surface area contributed by atoms with E-state index in [1.54, 1.807) is 44.2 Å². The van der Waals surface area contributed by atoms with Crippen LogP contribution in [0.2, 0.25) is 0 Å². The predicted molar refractivity (Wildman–Crippen MR) is 147 cm³/mol. The zero-order valence-corrected chi connectivity index (χ0v) is 22.9. The number of ether oxygens (including phenoxy) is 1. The Hall–Kier alpha value is -3.93. The molecule has 1 atom stereocenters. The van der Waals surface area contributed by atoms with E-state index in [0.717, 1.165) is 11.1 Å². The molecule has 0 unspecified atom stereocenters. The Morgan fingerprint density at radius 2 is 1.59 bits per heavy atom. The molecule has 0 aliphatic heterocycles. The van der Waals surface area contributed by atoms with Crippen molar-refractivity contribution >= 4 is 27.5 Å². The summed E-state index contributed by atoms with van der Waals surface area (Å²) in [5.41, 5.74) is 6.97. The number of anilines is 1. The van der Waals surface area contributed by atoms with Crippen molar-refractivity contribution in [3.8, 4) is 16.9 Å². The monoisotopic (exact) mass is 555 g/mol. The SMILES string of the molecule is COc1cc(N(OC(C)C)S(=O)(=O)[C@@H](C(=O)N(O)CCCC(N)=O)c2ccccc2)ccc1-c1ccccc1. The minimum absolute atomic E-state index is 0.0590. The minimum atomic E-state index is -4.64. The van der Waals surface area contributed by atoms with Gasteiger partial charge in [0.05, 0.1) is 18.9 Å². The van der Waals surface area contributed by atoms with Crippen molar-refractivity contribution in [2.45, 2.75) is 38.0 Å². The Morgan fingerprint density at radius 3 is 2.15 bits per heavy atom. The number of hydrogen-bond acceptors (Lipinski definition) is 7. The number of hydrogen-bond donors (Lipinski definition) is 2. The van der Waals surface area contributed by atoms with Crippen molar-refractivity contribution in [1.29, 1.82) is 0 Å². The number of nitrogens with zero attached hydrogens (tertiary/aromatic N) is 2. The van der Waals surface area contributed by atoms with Crippen LogP contribution in [-0.2, 0) is 24.4 Å². The predicted octanol–water partition coefficient (Wildman–Crippen LogP) is 4.06. The van der Waals surface area contributed by atoms with Crippen LogP contribution < -0.4 is 14.9 Å². The van der Waals surface area contributed by atoms with Gasteiger partial charge in [0.25, 0.3) is 15.9 Å². The van der Waals surface area contributed by atoms with Crippen molar-refractivity contribution in [3.05, 3.63) is 84.4 Å². The van der Waals surface area contributed by atoms with Gasteiger partial charge in [-0.05, 0) is 43.5 Å². The van der Waals surface area contributed by atoms with E-state index < -0.39 is 33.2 Å². The van der Waals surface area contributed by atoms with Crippen molar-refractivity contribution in [3.63, 3.8) is 0 Å². The third-order valence-corrected chi connectivity index (χ3v) is 7.52. The molecule has 0 aromatic heterocycles. The highest BCUT2D eigenvalue weighted by Gasteiger charge is 2.42. The molecule has 0 radical (unpaired) electrons. The molecular weight excluding hydrogens is 522 g/mol. The van der Waals surface area contributed by atoms with E-state index in [0.29, 0.717) is 15.3 Å². The number of nitrogens with two attached hydrogens (primary N) is 1. The molecule has 39 heavy (non-hydrogen) atoms. The van der Waals surface area contributed by atoms with Crippen LogP contribution in [0, 0.1) is 0 Å². The number of hydroxylamine groups is 2. The molecule has 0 saturated carbocycles. The molecule has 208 valence electrons. The lowest BCUT2D eigenvalue weighted by molar-refractivity contribution is -0.165. The molecule has 2 amide bonds. The molecule has 10 nitrogen and oxygen atoms in total. The Kier molecular flexibility index (Phi) is 10.0. The Bertz CT molecular complexity index is 1370. The molecule has 3 aromatic carbocycles. The Morgan fingerprint density at radius 1 is 0.974 bits per heavy atom. The average Bonchev–Trinajstić information content (AvgIpc) is 2.92. The highest BCUT2D eigenvalue weighted by molar-refractivity contribution is 7.93. The second-order valence-corrected chi connectivity index (χ2v) is 10.8. The molecule has 3 rings (SSSR count). The summed E-state index contributed by atoms with van der Waals surface area (Å²) in [6.45, 7) is 3.02. The van der Waals surface area contributed by atoms with E-state index >= 15 is 0 Å². The first-order valence-electron chi connectivity index (χ1n) is 12.3. The number of methoxy groups -OCH3 is 1. The number of carbonyl (C=O) groups excluding carboxylic acids is 2. The van der Waals surface area contributed by atoms with Crippen molar-refractivity contribution in [2.24, 2.45) is 5.73 Å². The largest absolute Gasteiger partial charge is 0.496 e. The number of benzene rings is 3.